The maximum Gasteiger partial charge on any atom is 0.224 e. The number of nitrogens with zero attached hydrogens (tertiary/aromatic N) is 4. The van der Waals surface area contributed by atoms with E-state index >= 15 is 0 Å². The van der Waals surface area contributed by atoms with Crippen LogP contribution in [0, 0.1) is 0 Å². The molecule has 0 unspecified atom stereocenters. The van der Waals surface area contributed by atoms with Gasteiger partial charge in [-0.15, -0.1) is 0 Å². The lowest BCUT2D eigenvalue weighted by Gasteiger charge is -2.21. The van der Waals surface area contributed by atoms with Crippen molar-refractivity contribution in [2.24, 2.45) is 0 Å². The Morgan fingerprint density at radius 3 is 3.00 bits per heavy atom. The molecule has 1 fully saturated rings. The summed E-state index contributed by atoms with van der Waals surface area (Å²) in [5.41, 5.74) is 0. The summed E-state index contributed by atoms with van der Waals surface area (Å²) in [6, 6.07) is 2.00. The summed E-state index contributed by atoms with van der Waals surface area (Å²) in [5.74, 6) is 1.78. The van der Waals surface area contributed by atoms with Crippen LogP contribution in [0.4, 0.5) is 11.8 Å². The fraction of sp³-hybridized carbons (Fsp3) is 0.692. The Balaban J connectivity index is 2.02. The molecule has 0 bridgehead atoms. The first-order chi connectivity index (χ1) is 8.79. The van der Waals surface area contributed by atoms with E-state index in [2.05, 4.69) is 39.1 Å². The molecule has 100 valence electrons. The highest BCUT2D eigenvalue weighted by atomic mass is 15.3. The molecule has 0 spiro atoms. The van der Waals surface area contributed by atoms with Crippen molar-refractivity contribution >= 4 is 11.8 Å². The molecular weight excluding hydrogens is 226 g/mol. The van der Waals surface area contributed by atoms with E-state index in [9.17, 15) is 0 Å². The van der Waals surface area contributed by atoms with Crippen LogP contribution in [0.15, 0.2) is 12.3 Å². The molecule has 0 atom stereocenters. The van der Waals surface area contributed by atoms with Crippen molar-refractivity contribution < 1.29 is 0 Å². The molecule has 5 nitrogen and oxygen atoms in total. The number of likely N-dealkylation sites (N-methyl/N-ethyl adjacent to an activating group) is 1. The van der Waals surface area contributed by atoms with Gasteiger partial charge in [0.15, 0.2) is 0 Å². The molecule has 5 heteroatoms. The topological polar surface area (TPSA) is 44.3 Å². The summed E-state index contributed by atoms with van der Waals surface area (Å²) in [6.45, 7) is 7.45. The van der Waals surface area contributed by atoms with Gasteiger partial charge in [-0.2, -0.15) is 4.98 Å². The van der Waals surface area contributed by atoms with Gasteiger partial charge in [0.05, 0.1) is 0 Å². The van der Waals surface area contributed by atoms with Gasteiger partial charge in [0, 0.05) is 32.4 Å². The Hall–Kier alpha value is -1.36. The summed E-state index contributed by atoms with van der Waals surface area (Å²) in [7, 11) is 2.18. The summed E-state index contributed by atoms with van der Waals surface area (Å²) in [6.07, 6.45) is 4.12. The molecule has 2 rings (SSSR count). The van der Waals surface area contributed by atoms with Crippen LogP contribution in [0.2, 0.25) is 0 Å². The van der Waals surface area contributed by atoms with Crippen molar-refractivity contribution in [1.82, 2.24) is 14.9 Å². The van der Waals surface area contributed by atoms with Gasteiger partial charge in [0.2, 0.25) is 5.95 Å². The second-order valence-corrected chi connectivity index (χ2v) is 4.81. The van der Waals surface area contributed by atoms with Crippen LogP contribution in [0.3, 0.4) is 0 Å². The van der Waals surface area contributed by atoms with E-state index in [-0.39, 0.29) is 0 Å². The molecule has 0 aliphatic carbocycles. The van der Waals surface area contributed by atoms with E-state index in [1.165, 1.54) is 13.0 Å². The van der Waals surface area contributed by atoms with Crippen LogP contribution in [-0.4, -0.2) is 54.6 Å². The Morgan fingerprint density at radius 1 is 1.28 bits per heavy atom. The largest absolute Gasteiger partial charge is 0.355 e. The predicted octanol–water partition coefficient (Wildman–Crippen LogP) is 1.44. The highest BCUT2D eigenvalue weighted by Crippen LogP contribution is 2.14. The van der Waals surface area contributed by atoms with Crippen LogP contribution < -0.4 is 10.2 Å². The number of anilines is 2. The fourth-order valence-electron chi connectivity index (χ4n) is 2.12. The van der Waals surface area contributed by atoms with Gasteiger partial charge in [-0.3, -0.25) is 0 Å². The second-order valence-electron chi connectivity index (χ2n) is 4.81. The smallest absolute Gasteiger partial charge is 0.224 e. The Kier molecular flexibility index (Phi) is 4.75. The standard InChI is InChI=1S/C13H23N5/c1-3-6-14-13-15-7-5-12(16-13)18-9-4-8-17(2)10-11-18/h5,7H,3-4,6,8-11H2,1-2H3,(H,14,15,16). The molecule has 1 aliphatic heterocycles. The number of aromatic nitrogens is 2. The van der Waals surface area contributed by atoms with Gasteiger partial charge in [0.1, 0.15) is 5.82 Å². The fourth-order valence-corrected chi connectivity index (χ4v) is 2.12. The molecule has 1 N–H and O–H groups in total. The van der Waals surface area contributed by atoms with Crippen molar-refractivity contribution in [3.63, 3.8) is 0 Å². The minimum atomic E-state index is 0.743. The quantitative estimate of drug-likeness (QED) is 0.875. The van der Waals surface area contributed by atoms with E-state index in [0.29, 0.717) is 0 Å². The van der Waals surface area contributed by atoms with Crippen LogP contribution >= 0.6 is 0 Å². The van der Waals surface area contributed by atoms with Crippen LogP contribution in [0.1, 0.15) is 19.8 Å². The Labute approximate surface area is 109 Å². The number of hydrogen-bond acceptors (Lipinski definition) is 5. The van der Waals surface area contributed by atoms with E-state index in [1.807, 2.05) is 12.3 Å². The SMILES string of the molecule is CCCNc1nccc(N2CCCN(C)CC2)n1. The van der Waals surface area contributed by atoms with Crippen LogP contribution in [0.25, 0.3) is 0 Å². The molecular formula is C13H23N5. The van der Waals surface area contributed by atoms with Crippen molar-refractivity contribution in [2.45, 2.75) is 19.8 Å². The number of hydrogen-bond donors (Lipinski definition) is 1. The third-order valence-corrected chi connectivity index (χ3v) is 3.22. The molecule has 0 aromatic carbocycles. The molecule has 0 radical (unpaired) electrons. The monoisotopic (exact) mass is 249 g/mol. The van der Waals surface area contributed by atoms with Gasteiger partial charge in [-0.05, 0) is 32.5 Å². The van der Waals surface area contributed by atoms with Gasteiger partial charge >= 0.3 is 0 Å². The molecule has 1 aliphatic rings. The Bertz CT molecular complexity index is 368. The zero-order chi connectivity index (χ0) is 12.8. The molecule has 1 aromatic heterocycles. The third kappa shape index (κ3) is 3.57. The van der Waals surface area contributed by atoms with Crippen molar-refractivity contribution in [2.75, 3.05) is 50.0 Å². The highest BCUT2D eigenvalue weighted by molar-refractivity contribution is 5.42. The predicted molar refractivity (Wildman–Crippen MR) is 75.1 cm³/mol. The summed E-state index contributed by atoms with van der Waals surface area (Å²) >= 11 is 0. The van der Waals surface area contributed by atoms with E-state index in [0.717, 1.165) is 44.4 Å². The average molecular weight is 249 g/mol. The molecule has 1 aromatic rings. The lowest BCUT2D eigenvalue weighted by Crippen LogP contribution is -2.29. The summed E-state index contributed by atoms with van der Waals surface area (Å²) in [4.78, 5) is 13.6. The van der Waals surface area contributed by atoms with E-state index in [4.69, 9.17) is 0 Å². The minimum Gasteiger partial charge on any atom is -0.355 e. The molecule has 2 heterocycles. The zero-order valence-corrected chi connectivity index (χ0v) is 11.4. The normalized spacial score (nSPS) is 17.6. The highest BCUT2D eigenvalue weighted by Gasteiger charge is 2.13. The number of nitrogens with one attached hydrogen (secondary N) is 1. The minimum absolute atomic E-state index is 0.743. The Morgan fingerprint density at radius 2 is 2.17 bits per heavy atom. The number of rotatable bonds is 4. The van der Waals surface area contributed by atoms with Crippen molar-refractivity contribution in [1.29, 1.82) is 0 Å². The lowest BCUT2D eigenvalue weighted by molar-refractivity contribution is 0.360. The van der Waals surface area contributed by atoms with E-state index in [1.54, 1.807) is 0 Å². The second kappa shape index (κ2) is 6.54. The molecule has 0 amide bonds. The van der Waals surface area contributed by atoms with Gasteiger partial charge < -0.3 is 15.1 Å². The first-order valence-electron chi connectivity index (χ1n) is 6.80. The van der Waals surface area contributed by atoms with Gasteiger partial charge in [0.25, 0.3) is 0 Å². The maximum absolute atomic E-state index is 4.59. The summed E-state index contributed by atoms with van der Waals surface area (Å²) in [5, 5.41) is 3.24. The van der Waals surface area contributed by atoms with E-state index < -0.39 is 0 Å². The first kappa shape index (κ1) is 13.1. The average Bonchev–Trinajstić information content (AvgIpc) is 2.61. The maximum atomic E-state index is 4.59. The summed E-state index contributed by atoms with van der Waals surface area (Å²) < 4.78 is 0. The zero-order valence-electron chi connectivity index (χ0n) is 11.4. The first-order valence-corrected chi connectivity index (χ1v) is 6.80. The lowest BCUT2D eigenvalue weighted by atomic mass is 10.4. The van der Waals surface area contributed by atoms with Crippen LogP contribution in [-0.2, 0) is 0 Å². The molecule has 18 heavy (non-hydrogen) atoms. The van der Waals surface area contributed by atoms with Crippen molar-refractivity contribution in [3.05, 3.63) is 12.3 Å². The van der Waals surface area contributed by atoms with Gasteiger partial charge in [-0.1, -0.05) is 6.92 Å². The molecule has 0 saturated carbocycles. The van der Waals surface area contributed by atoms with Gasteiger partial charge in [-0.25, -0.2) is 4.98 Å². The van der Waals surface area contributed by atoms with Crippen molar-refractivity contribution in [3.8, 4) is 0 Å². The van der Waals surface area contributed by atoms with Crippen LogP contribution in [0.5, 0.6) is 0 Å². The third-order valence-electron chi connectivity index (χ3n) is 3.22. The molecule has 1 saturated heterocycles.